The monoisotopic (exact) mass is 1030 g/mol. The molecule has 0 N–H and O–H groups in total. The van der Waals surface area contributed by atoms with Gasteiger partial charge in [-0.15, -0.1) is 0 Å². The summed E-state index contributed by atoms with van der Waals surface area (Å²) in [5.74, 6) is 0. The SMILES string of the molecule is Cc1ccccc1-c1c2cc3c(cc2c(-c2ccccc2C)c2c4ccc5c6cc(C(C)(C)C)cc7cc(C(C)(C)C)cc(c8ccc(c12)c4c85)c76)c1ccc2c4cc(C(C)(C)C)cc5cc(C(C)(C)C)cc(c6ccc3c1c62)c54. The van der Waals surface area contributed by atoms with E-state index in [1.807, 2.05) is 0 Å². The number of benzene rings is 14. The first kappa shape index (κ1) is 47.9. The first-order chi connectivity index (χ1) is 38.0. The van der Waals surface area contributed by atoms with Gasteiger partial charge in [-0.05, 0) is 268 Å². The van der Waals surface area contributed by atoms with Gasteiger partial charge in [0.2, 0.25) is 0 Å². The van der Waals surface area contributed by atoms with Gasteiger partial charge in [-0.25, -0.2) is 0 Å². The fourth-order valence-corrected chi connectivity index (χ4v) is 15.2. The lowest BCUT2D eigenvalue weighted by atomic mass is 9.79. The summed E-state index contributed by atoms with van der Waals surface area (Å²) in [5.41, 5.74) is 13.3. The normalized spacial score (nSPS) is 13.6. The van der Waals surface area contributed by atoms with Crippen molar-refractivity contribution in [3.8, 4) is 22.3 Å². The minimum absolute atomic E-state index is 0.00351. The van der Waals surface area contributed by atoms with E-state index in [0.29, 0.717) is 0 Å². The van der Waals surface area contributed by atoms with Gasteiger partial charge in [-0.3, -0.25) is 0 Å². The van der Waals surface area contributed by atoms with Crippen LogP contribution >= 0.6 is 0 Å². The van der Waals surface area contributed by atoms with E-state index in [9.17, 15) is 0 Å². The molecule has 0 unspecified atom stereocenters. The molecule has 0 aliphatic carbocycles. The van der Waals surface area contributed by atoms with Crippen molar-refractivity contribution in [1.82, 2.24) is 0 Å². The third kappa shape index (κ3) is 6.29. The lowest BCUT2D eigenvalue weighted by Gasteiger charge is -2.25. The summed E-state index contributed by atoms with van der Waals surface area (Å²) in [6, 6.07) is 63.5. The maximum absolute atomic E-state index is 2.63. The van der Waals surface area contributed by atoms with Gasteiger partial charge in [0.25, 0.3) is 0 Å². The van der Waals surface area contributed by atoms with Crippen LogP contribution in [0.1, 0.15) is 116 Å². The summed E-state index contributed by atoms with van der Waals surface area (Å²) in [6.07, 6.45) is 0. The summed E-state index contributed by atoms with van der Waals surface area (Å²) in [7, 11) is 0. The Morgan fingerprint density at radius 3 is 0.762 bits per heavy atom. The molecule has 0 aliphatic rings. The Morgan fingerprint density at radius 2 is 0.475 bits per heavy atom. The zero-order valence-electron chi connectivity index (χ0n) is 49.0. The average Bonchev–Trinajstić information content (AvgIpc) is 2.86. The van der Waals surface area contributed by atoms with Crippen LogP contribution < -0.4 is 0 Å². The minimum Gasteiger partial charge on any atom is -0.0620 e. The predicted octanol–water partition coefficient (Wildman–Crippen LogP) is 23.6. The molecule has 0 saturated carbocycles. The van der Waals surface area contributed by atoms with E-state index in [4.69, 9.17) is 0 Å². The first-order valence-corrected chi connectivity index (χ1v) is 29.3. The number of hydrogen-bond donors (Lipinski definition) is 0. The van der Waals surface area contributed by atoms with Gasteiger partial charge < -0.3 is 0 Å². The zero-order valence-corrected chi connectivity index (χ0v) is 49.0. The lowest BCUT2D eigenvalue weighted by Crippen LogP contribution is -2.12. The van der Waals surface area contributed by atoms with E-state index in [1.54, 1.807) is 0 Å². The third-order valence-electron chi connectivity index (χ3n) is 19.4. The molecule has 0 amide bonds. The molecule has 16 rings (SSSR count). The van der Waals surface area contributed by atoms with E-state index in [2.05, 4.69) is 255 Å². The van der Waals surface area contributed by atoms with E-state index < -0.39 is 0 Å². The molecule has 0 fully saturated rings. The van der Waals surface area contributed by atoms with Gasteiger partial charge in [0.15, 0.2) is 0 Å². The van der Waals surface area contributed by atoms with E-state index in [1.165, 1.54) is 196 Å². The summed E-state index contributed by atoms with van der Waals surface area (Å²) in [4.78, 5) is 0. The van der Waals surface area contributed by atoms with Crippen LogP contribution in [0.3, 0.4) is 0 Å². The van der Waals surface area contributed by atoms with Crippen LogP contribution in [-0.4, -0.2) is 0 Å². The van der Waals surface area contributed by atoms with E-state index >= 15 is 0 Å². The molecule has 0 radical (unpaired) electrons. The Morgan fingerprint density at radius 1 is 0.212 bits per heavy atom. The molecule has 0 atom stereocenters. The molecular weight excluding hydrogens is 961 g/mol. The molecular formula is C80H68. The zero-order chi connectivity index (χ0) is 55.2. The van der Waals surface area contributed by atoms with Crippen molar-refractivity contribution in [2.75, 3.05) is 0 Å². The third-order valence-corrected chi connectivity index (χ3v) is 19.4. The maximum atomic E-state index is 2.63. The van der Waals surface area contributed by atoms with Gasteiger partial charge in [0.05, 0.1) is 0 Å². The van der Waals surface area contributed by atoms with Crippen molar-refractivity contribution in [2.45, 2.75) is 119 Å². The molecule has 0 nitrogen and oxygen atoms in total. The maximum Gasteiger partial charge on any atom is -0.000730 e. The van der Waals surface area contributed by atoms with Crippen molar-refractivity contribution in [2.24, 2.45) is 0 Å². The fourth-order valence-electron chi connectivity index (χ4n) is 15.2. The molecule has 0 saturated heterocycles. The van der Waals surface area contributed by atoms with E-state index in [-0.39, 0.29) is 21.7 Å². The molecule has 80 heavy (non-hydrogen) atoms. The molecule has 0 aromatic heterocycles. The molecule has 0 bridgehead atoms. The van der Waals surface area contributed by atoms with Crippen LogP contribution in [0, 0.1) is 13.8 Å². The number of rotatable bonds is 2. The summed E-state index contributed by atoms with van der Waals surface area (Å²) >= 11 is 0. The van der Waals surface area contributed by atoms with Crippen molar-refractivity contribution in [3.05, 3.63) is 191 Å². The number of aryl methyl sites for hydroxylation is 2. The van der Waals surface area contributed by atoms with Crippen molar-refractivity contribution < 1.29 is 0 Å². The Hall–Kier alpha value is -8.06. The summed E-state index contributed by atoms with van der Waals surface area (Å²) in [6.45, 7) is 33.0. The Kier molecular flexibility index (Phi) is 9.24. The van der Waals surface area contributed by atoms with Crippen molar-refractivity contribution >= 4 is 140 Å². The fraction of sp³-hybridized carbons (Fsp3) is 0.225. The highest BCUT2D eigenvalue weighted by molar-refractivity contribution is 6.48. The van der Waals surface area contributed by atoms with Crippen LogP contribution in [0.5, 0.6) is 0 Å². The van der Waals surface area contributed by atoms with Crippen LogP contribution in [0.25, 0.3) is 162 Å². The van der Waals surface area contributed by atoms with Gasteiger partial charge in [0.1, 0.15) is 0 Å². The van der Waals surface area contributed by atoms with Crippen molar-refractivity contribution in [3.63, 3.8) is 0 Å². The van der Waals surface area contributed by atoms with Gasteiger partial charge in [-0.2, -0.15) is 0 Å². The summed E-state index contributed by atoms with van der Waals surface area (Å²) in [5, 5.41) is 35.2. The number of hydrogen-bond acceptors (Lipinski definition) is 0. The Balaban J connectivity index is 1.12. The molecule has 0 aliphatic heterocycles. The standard InChI is InChI=1S/C80H68/c1-41-19-15-17-21-49(41)69-65-39-59-51-23-25-53-61-35-45(77(3,4)5)31-43-32-46(78(6,7)8)36-62(67(43)61)54-26-24-52(71(51)72(53)54)60(59)40-66(65)70(50-22-18-16-20-42(50)2)76-58-30-28-56-64-38-48(80(12,13)14)34-44-33-47(79(9,10)11)37-63(68(44)64)55-27-29-57(75(69)76)74(58)73(55)56/h15-40H,1-14H3. The topological polar surface area (TPSA) is 0 Å². The quantitative estimate of drug-likeness (QED) is 0.120. The van der Waals surface area contributed by atoms with Crippen LogP contribution in [0.2, 0.25) is 0 Å². The van der Waals surface area contributed by atoms with E-state index in [0.717, 1.165) is 0 Å². The second kappa shape index (κ2) is 15.4. The molecule has 0 heterocycles. The summed E-state index contributed by atoms with van der Waals surface area (Å²) < 4.78 is 0. The molecule has 0 spiro atoms. The largest absolute Gasteiger partial charge is 0.0620 e. The van der Waals surface area contributed by atoms with Gasteiger partial charge in [0, 0.05) is 0 Å². The molecule has 0 heteroatoms. The first-order valence-electron chi connectivity index (χ1n) is 29.3. The highest BCUT2D eigenvalue weighted by Gasteiger charge is 2.31. The molecule has 16 aromatic rings. The Bertz CT molecular complexity index is 5060. The highest BCUT2D eigenvalue weighted by atomic mass is 14.3. The van der Waals surface area contributed by atoms with Crippen LogP contribution in [0.15, 0.2) is 158 Å². The average molecular weight is 1030 g/mol. The lowest BCUT2D eigenvalue weighted by molar-refractivity contribution is 0.589. The molecule has 16 aromatic carbocycles. The van der Waals surface area contributed by atoms with Crippen LogP contribution in [0.4, 0.5) is 0 Å². The minimum atomic E-state index is -0.0162. The molecule has 388 valence electrons. The van der Waals surface area contributed by atoms with Gasteiger partial charge >= 0.3 is 0 Å². The van der Waals surface area contributed by atoms with Crippen LogP contribution in [-0.2, 0) is 21.7 Å². The second-order valence-corrected chi connectivity index (χ2v) is 28.5. The van der Waals surface area contributed by atoms with Crippen molar-refractivity contribution in [1.29, 1.82) is 0 Å². The van der Waals surface area contributed by atoms with Gasteiger partial charge in [-0.1, -0.05) is 204 Å². The predicted molar refractivity (Wildman–Crippen MR) is 354 cm³/mol. The Labute approximate surface area is 469 Å². The highest BCUT2D eigenvalue weighted by Crippen LogP contribution is 2.57. The number of fused-ring (bicyclic) bond motifs is 11. The second-order valence-electron chi connectivity index (χ2n) is 28.5. The smallest absolute Gasteiger partial charge is 0.000730 e.